The maximum Gasteiger partial charge on any atom is 0.222 e. The summed E-state index contributed by atoms with van der Waals surface area (Å²) in [5.41, 5.74) is 3.14. The van der Waals surface area contributed by atoms with E-state index in [1.54, 1.807) is 6.20 Å². The molecule has 0 radical (unpaired) electrons. The number of para-hydroxylation sites is 2. The van der Waals surface area contributed by atoms with E-state index >= 15 is 0 Å². The number of aromatic nitrogens is 3. The Morgan fingerprint density at radius 3 is 2.79 bits per heavy atom. The molecule has 1 aliphatic rings. The number of hydrogen-bond donors (Lipinski definition) is 0. The van der Waals surface area contributed by atoms with Gasteiger partial charge in [-0.2, -0.15) is 0 Å². The molecular formula is C19H20N4O. The zero-order chi connectivity index (χ0) is 16.4. The first kappa shape index (κ1) is 14.9. The van der Waals surface area contributed by atoms with Gasteiger partial charge in [0.1, 0.15) is 5.82 Å². The molecule has 0 N–H and O–H groups in total. The van der Waals surface area contributed by atoms with Crippen molar-refractivity contribution < 1.29 is 4.79 Å². The molecule has 5 nitrogen and oxygen atoms in total. The lowest BCUT2D eigenvalue weighted by molar-refractivity contribution is -0.127. The van der Waals surface area contributed by atoms with Gasteiger partial charge in [-0.25, -0.2) is 4.98 Å². The van der Waals surface area contributed by atoms with Crippen molar-refractivity contribution in [3.63, 3.8) is 0 Å². The molecule has 0 saturated carbocycles. The highest BCUT2D eigenvalue weighted by Gasteiger charge is 2.19. The molecule has 1 amide bonds. The van der Waals surface area contributed by atoms with Crippen LogP contribution in [0.4, 0.5) is 0 Å². The number of fused-ring (bicyclic) bond motifs is 1. The van der Waals surface area contributed by atoms with Gasteiger partial charge in [0.2, 0.25) is 5.91 Å². The fraction of sp³-hybridized carbons (Fsp3) is 0.316. The summed E-state index contributed by atoms with van der Waals surface area (Å²) in [5, 5.41) is 0. The molecule has 5 heteroatoms. The lowest BCUT2D eigenvalue weighted by atomic mass is 10.2. The number of carbonyl (C=O) groups is 1. The van der Waals surface area contributed by atoms with E-state index in [9.17, 15) is 4.79 Å². The minimum atomic E-state index is 0.290. The van der Waals surface area contributed by atoms with Crippen LogP contribution in [0.3, 0.4) is 0 Å². The van der Waals surface area contributed by atoms with Crippen LogP contribution in [0, 0.1) is 0 Å². The average Bonchev–Trinajstić information content (AvgIpc) is 3.20. The topological polar surface area (TPSA) is 51.0 Å². The second-order valence-corrected chi connectivity index (χ2v) is 6.16. The smallest absolute Gasteiger partial charge is 0.222 e. The van der Waals surface area contributed by atoms with E-state index < -0.39 is 0 Å². The minimum Gasteiger partial charge on any atom is -0.343 e. The second kappa shape index (κ2) is 6.43. The minimum absolute atomic E-state index is 0.290. The third-order valence-electron chi connectivity index (χ3n) is 4.56. The number of aryl methyl sites for hydroxylation is 1. The Morgan fingerprint density at radius 1 is 1.08 bits per heavy atom. The molecule has 4 rings (SSSR count). The summed E-state index contributed by atoms with van der Waals surface area (Å²) in [5.74, 6) is 1.23. The summed E-state index contributed by atoms with van der Waals surface area (Å²) >= 11 is 0. The molecule has 2 aromatic heterocycles. The van der Waals surface area contributed by atoms with Crippen LogP contribution in [0.15, 0.2) is 48.8 Å². The van der Waals surface area contributed by atoms with Crippen molar-refractivity contribution in [3.05, 3.63) is 48.8 Å². The number of rotatable bonds is 5. The van der Waals surface area contributed by atoms with Crippen molar-refractivity contribution in [3.8, 4) is 11.4 Å². The van der Waals surface area contributed by atoms with Gasteiger partial charge in [-0.15, -0.1) is 0 Å². The summed E-state index contributed by atoms with van der Waals surface area (Å²) in [6.45, 7) is 2.56. The van der Waals surface area contributed by atoms with E-state index in [1.807, 2.05) is 41.4 Å². The number of imidazole rings is 1. The van der Waals surface area contributed by atoms with Gasteiger partial charge in [0.25, 0.3) is 0 Å². The van der Waals surface area contributed by atoms with Crippen LogP contribution >= 0.6 is 0 Å². The maximum absolute atomic E-state index is 11.8. The molecule has 0 unspecified atom stereocenters. The number of amides is 1. The Bertz CT molecular complexity index is 856. The third-order valence-corrected chi connectivity index (χ3v) is 4.56. The first-order chi connectivity index (χ1) is 11.8. The van der Waals surface area contributed by atoms with Gasteiger partial charge in [0.15, 0.2) is 0 Å². The predicted octanol–water partition coefficient (Wildman–Crippen LogP) is 3.11. The number of hydrogen-bond acceptors (Lipinski definition) is 3. The van der Waals surface area contributed by atoms with E-state index in [0.29, 0.717) is 6.42 Å². The largest absolute Gasteiger partial charge is 0.343 e. The fourth-order valence-electron chi connectivity index (χ4n) is 3.38. The molecule has 3 aromatic rings. The van der Waals surface area contributed by atoms with Crippen molar-refractivity contribution >= 4 is 16.9 Å². The average molecular weight is 320 g/mol. The lowest BCUT2D eigenvalue weighted by Gasteiger charge is -2.16. The van der Waals surface area contributed by atoms with Crippen LogP contribution in [-0.4, -0.2) is 38.4 Å². The van der Waals surface area contributed by atoms with Crippen molar-refractivity contribution in [2.24, 2.45) is 0 Å². The van der Waals surface area contributed by atoms with Crippen LogP contribution in [0.25, 0.3) is 22.4 Å². The molecular weight excluding hydrogens is 300 g/mol. The Balaban J connectivity index is 1.62. The summed E-state index contributed by atoms with van der Waals surface area (Å²) in [6, 6.07) is 12.2. The van der Waals surface area contributed by atoms with E-state index in [0.717, 1.165) is 54.9 Å². The molecule has 0 atom stereocenters. The SMILES string of the molecule is O=C1CCCN1CCCn1c(-c2cccnc2)nc2ccccc21. The van der Waals surface area contributed by atoms with Crippen molar-refractivity contribution in [2.45, 2.75) is 25.8 Å². The fourth-order valence-corrected chi connectivity index (χ4v) is 3.38. The van der Waals surface area contributed by atoms with E-state index in [2.05, 4.69) is 15.6 Å². The van der Waals surface area contributed by atoms with E-state index in [-0.39, 0.29) is 5.91 Å². The molecule has 1 aromatic carbocycles. The van der Waals surface area contributed by atoms with Crippen LogP contribution in [0.5, 0.6) is 0 Å². The molecule has 122 valence electrons. The Hall–Kier alpha value is -2.69. The van der Waals surface area contributed by atoms with E-state index in [1.165, 1.54) is 0 Å². The Morgan fingerprint density at radius 2 is 2.00 bits per heavy atom. The molecule has 3 heterocycles. The molecule has 0 spiro atoms. The number of likely N-dealkylation sites (tertiary alicyclic amines) is 1. The standard InChI is InChI=1S/C19H20N4O/c24-18-9-4-11-22(18)12-5-13-23-17-8-2-1-7-16(17)21-19(23)15-6-3-10-20-14-15/h1-3,6-8,10,14H,4-5,9,11-13H2. The maximum atomic E-state index is 11.8. The second-order valence-electron chi connectivity index (χ2n) is 6.16. The molecule has 1 fully saturated rings. The highest BCUT2D eigenvalue weighted by Crippen LogP contribution is 2.24. The third kappa shape index (κ3) is 2.77. The van der Waals surface area contributed by atoms with Crippen LogP contribution in [-0.2, 0) is 11.3 Å². The van der Waals surface area contributed by atoms with Crippen molar-refractivity contribution in [2.75, 3.05) is 13.1 Å². The van der Waals surface area contributed by atoms with Crippen molar-refractivity contribution in [1.29, 1.82) is 0 Å². The summed E-state index contributed by atoms with van der Waals surface area (Å²) < 4.78 is 2.24. The Kier molecular flexibility index (Phi) is 3.99. The van der Waals surface area contributed by atoms with Gasteiger partial charge in [0, 0.05) is 44.0 Å². The van der Waals surface area contributed by atoms with Gasteiger partial charge in [-0.05, 0) is 37.1 Å². The molecule has 0 aliphatic carbocycles. The van der Waals surface area contributed by atoms with Crippen molar-refractivity contribution in [1.82, 2.24) is 19.4 Å². The molecule has 1 saturated heterocycles. The van der Waals surface area contributed by atoms with Crippen LogP contribution in [0.2, 0.25) is 0 Å². The number of nitrogens with zero attached hydrogens (tertiary/aromatic N) is 4. The molecule has 1 aliphatic heterocycles. The predicted molar refractivity (Wildman–Crippen MR) is 93.4 cm³/mol. The van der Waals surface area contributed by atoms with Gasteiger partial charge in [-0.3, -0.25) is 9.78 Å². The highest BCUT2D eigenvalue weighted by atomic mass is 16.2. The number of pyridine rings is 1. The zero-order valence-corrected chi connectivity index (χ0v) is 13.6. The number of benzene rings is 1. The number of carbonyl (C=O) groups excluding carboxylic acids is 1. The zero-order valence-electron chi connectivity index (χ0n) is 13.6. The van der Waals surface area contributed by atoms with Crippen LogP contribution < -0.4 is 0 Å². The highest BCUT2D eigenvalue weighted by molar-refractivity contribution is 5.80. The van der Waals surface area contributed by atoms with Gasteiger partial charge >= 0.3 is 0 Å². The van der Waals surface area contributed by atoms with E-state index in [4.69, 9.17) is 4.98 Å². The summed E-state index contributed by atoms with van der Waals surface area (Å²) in [7, 11) is 0. The van der Waals surface area contributed by atoms with Gasteiger partial charge in [0.05, 0.1) is 11.0 Å². The lowest BCUT2D eigenvalue weighted by Crippen LogP contribution is -2.26. The normalized spacial score (nSPS) is 14.7. The van der Waals surface area contributed by atoms with Gasteiger partial charge in [-0.1, -0.05) is 12.1 Å². The first-order valence-corrected chi connectivity index (χ1v) is 8.46. The quantitative estimate of drug-likeness (QED) is 0.726. The monoisotopic (exact) mass is 320 g/mol. The summed E-state index contributed by atoms with van der Waals surface area (Å²) in [6.07, 6.45) is 6.25. The van der Waals surface area contributed by atoms with Crippen LogP contribution in [0.1, 0.15) is 19.3 Å². The molecule has 24 heavy (non-hydrogen) atoms. The summed E-state index contributed by atoms with van der Waals surface area (Å²) in [4.78, 5) is 22.8. The van der Waals surface area contributed by atoms with Gasteiger partial charge < -0.3 is 9.47 Å². The first-order valence-electron chi connectivity index (χ1n) is 8.46. The Labute approximate surface area is 140 Å². The molecule has 0 bridgehead atoms.